The first kappa shape index (κ1) is 14.2. The van der Waals surface area contributed by atoms with Crippen LogP contribution in [0.2, 0.25) is 0 Å². The van der Waals surface area contributed by atoms with Gasteiger partial charge in [0.05, 0.1) is 0 Å². The standard InChI is InChI=1S/C15H24O2/c1-5-12-15(16-6-2,17-7-3)14-11-9-8-10-13(14)4/h8-11H,5-7,12H2,1-4H3. The zero-order valence-electron chi connectivity index (χ0n) is 11.5. The monoisotopic (exact) mass is 236 g/mol. The van der Waals surface area contributed by atoms with Crippen molar-refractivity contribution in [1.82, 2.24) is 0 Å². The minimum absolute atomic E-state index is 0.566. The van der Waals surface area contributed by atoms with E-state index in [1.54, 1.807) is 0 Å². The fourth-order valence-corrected chi connectivity index (χ4v) is 2.27. The highest BCUT2D eigenvalue weighted by molar-refractivity contribution is 5.30. The molecular formula is C15H24O2. The van der Waals surface area contributed by atoms with E-state index in [0.29, 0.717) is 13.2 Å². The Morgan fingerprint density at radius 2 is 1.59 bits per heavy atom. The zero-order valence-corrected chi connectivity index (χ0v) is 11.5. The lowest BCUT2D eigenvalue weighted by atomic mass is 9.96. The molecule has 0 aliphatic rings. The molecule has 0 atom stereocenters. The maximum atomic E-state index is 5.96. The first-order valence-electron chi connectivity index (χ1n) is 6.54. The highest BCUT2D eigenvalue weighted by atomic mass is 16.7. The van der Waals surface area contributed by atoms with Crippen molar-refractivity contribution in [2.45, 2.75) is 46.3 Å². The van der Waals surface area contributed by atoms with Crippen molar-refractivity contribution in [2.24, 2.45) is 0 Å². The van der Waals surface area contributed by atoms with Crippen LogP contribution in [0, 0.1) is 6.92 Å². The van der Waals surface area contributed by atoms with Crippen molar-refractivity contribution < 1.29 is 9.47 Å². The predicted octanol–water partition coefficient (Wildman–Crippen LogP) is 4.02. The summed E-state index contributed by atoms with van der Waals surface area (Å²) in [4.78, 5) is 0. The van der Waals surface area contributed by atoms with Gasteiger partial charge in [-0.1, -0.05) is 37.6 Å². The molecule has 2 heteroatoms. The van der Waals surface area contributed by atoms with Gasteiger partial charge in [0.2, 0.25) is 0 Å². The van der Waals surface area contributed by atoms with E-state index >= 15 is 0 Å². The van der Waals surface area contributed by atoms with Crippen LogP contribution < -0.4 is 0 Å². The Kier molecular flexibility index (Phi) is 5.66. The Balaban J connectivity index is 3.14. The molecule has 0 aliphatic carbocycles. The van der Waals surface area contributed by atoms with Gasteiger partial charge in [-0.05, 0) is 26.3 Å². The van der Waals surface area contributed by atoms with Gasteiger partial charge in [0.1, 0.15) is 0 Å². The lowest BCUT2D eigenvalue weighted by Gasteiger charge is -2.34. The highest BCUT2D eigenvalue weighted by Crippen LogP contribution is 2.34. The molecule has 0 aliphatic heterocycles. The Morgan fingerprint density at radius 1 is 1.00 bits per heavy atom. The molecule has 96 valence electrons. The molecule has 0 aromatic heterocycles. The van der Waals surface area contributed by atoms with Crippen molar-refractivity contribution in [3.63, 3.8) is 0 Å². The molecule has 0 saturated carbocycles. The van der Waals surface area contributed by atoms with Gasteiger partial charge in [0.15, 0.2) is 5.79 Å². The van der Waals surface area contributed by atoms with Crippen LogP contribution in [-0.4, -0.2) is 13.2 Å². The minimum atomic E-state index is -0.566. The second-order valence-corrected chi connectivity index (χ2v) is 4.18. The lowest BCUT2D eigenvalue weighted by Crippen LogP contribution is -2.34. The third-order valence-electron chi connectivity index (χ3n) is 2.89. The predicted molar refractivity (Wildman–Crippen MR) is 71.0 cm³/mol. The summed E-state index contributed by atoms with van der Waals surface area (Å²) in [5.74, 6) is -0.566. The third-order valence-corrected chi connectivity index (χ3v) is 2.89. The molecule has 17 heavy (non-hydrogen) atoms. The number of hydrogen-bond acceptors (Lipinski definition) is 2. The highest BCUT2D eigenvalue weighted by Gasteiger charge is 2.33. The number of ether oxygens (including phenoxy) is 2. The molecule has 0 fully saturated rings. The molecule has 0 N–H and O–H groups in total. The van der Waals surface area contributed by atoms with Gasteiger partial charge >= 0.3 is 0 Å². The van der Waals surface area contributed by atoms with E-state index in [-0.39, 0.29) is 0 Å². The van der Waals surface area contributed by atoms with Crippen LogP contribution in [0.5, 0.6) is 0 Å². The molecule has 0 saturated heterocycles. The summed E-state index contributed by atoms with van der Waals surface area (Å²) in [5, 5.41) is 0. The van der Waals surface area contributed by atoms with E-state index in [1.165, 1.54) is 5.56 Å². The van der Waals surface area contributed by atoms with Gasteiger partial charge in [0, 0.05) is 25.2 Å². The molecular weight excluding hydrogens is 212 g/mol. The fourth-order valence-electron chi connectivity index (χ4n) is 2.27. The topological polar surface area (TPSA) is 18.5 Å². The lowest BCUT2D eigenvalue weighted by molar-refractivity contribution is -0.247. The fraction of sp³-hybridized carbons (Fsp3) is 0.600. The van der Waals surface area contributed by atoms with Gasteiger partial charge in [-0.3, -0.25) is 0 Å². The van der Waals surface area contributed by atoms with E-state index in [4.69, 9.17) is 9.47 Å². The Labute approximate surface area is 105 Å². The summed E-state index contributed by atoms with van der Waals surface area (Å²) in [5.41, 5.74) is 2.38. The molecule has 0 heterocycles. The average Bonchev–Trinajstić information content (AvgIpc) is 2.30. The van der Waals surface area contributed by atoms with Gasteiger partial charge in [-0.15, -0.1) is 0 Å². The first-order chi connectivity index (χ1) is 8.20. The van der Waals surface area contributed by atoms with Crippen molar-refractivity contribution in [3.8, 4) is 0 Å². The normalized spacial score (nSPS) is 11.8. The molecule has 0 spiro atoms. The van der Waals surface area contributed by atoms with Crippen LogP contribution in [-0.2, 0) is 15.3 Å². The van der Waals surface area contributed by atoms with E-state index in [1.807, 2.05) is 26.0 Å². The smallest absolute Gasteiger partial charge is 0.194 e. The third kappa shape index (κ3) is 3.30. The largest absolute Gasteiger partial charge is 0.346 e. The quantitative estimate of drug-likeness (QED) is 0.666. The number of benzene rings is 1. The molecule has 1 rings (SSSR count). The van der Waals surface area contributed by atoms with Crippen LogP contribution >= 0.6 is 0 Å². The maximum Gasteiger partial charge on any atom is 0.194 e. The van der Waals surface area contributed by atoms with E-state index in [0.717, 1.165) is 18.4 Å². The summed E-state index contributed by atoms with van der Waals surface area (Å²) in [6.07, 6.45) is 1.92. The van der Waals surface area contributed by atoms with Crippen LogP contribution in [0.3, 0.4) is 0 Å². The van der Waals surface area contributed by atoms with Crippen molar-refractivity contribution in [2.75, 3.05) is 13.2 Å². The number of aryl methyl sites for hydroxylation is 1. The van der Waals surface area contributed by atoms with E-state index < -0.39 is 5.79 Å². The maximum absolute atomic E-state index is 5.96. The molecule has 1 aromatic rings. The number of hydrogen-bond donors (Lipinski definition) is 0. The molecule has 0 amide bonds. The first-order valence-corrected chi connectivity index (χ1v) is 6.54. The van der Waals surface area contributed by atoms with Gasteiger partial charge in [-0.25, -0.2) is 0 Å². The van der Waals surface area contributed by atoms with E-state index in [9.17, 15) is 0 Å². The second-order valence-electron chi connectivity index (χ2n) is 4.18. The Hall–Kier alpha value is -0.860. The molecule has 0 bridgehead atoms. The van der Waals surface area contributed by atoms with Gasteiger partial charge in [-0.2, -0.15) is 0 Å². The van der Waals surface area contributed by atoms with Gasteiger partial charge in [0.25, 0.3) is 0 Å². The van der Waals surface area contributed by atoms with Crippen LogP contribution in [0.15, 0.2) is 24.3 Å². The summed E-state index contributed by atoms with van der Waals surface area (Å²) in [6.45, 7) is 9.62. The van der Waals surface area contributed by atoms with E-state index in [2.05, 4.69) is 26.0 Å². The minimum Gasteiger partial charge on any atom is -0.346 e. The Bertz CT molecular complexity index is 316. The Morgan fingerprint density at radius 3 is 2.06 bits per heavy atom. The van der Waals surface area contributed by atoms with Gasteiger partial charge < -0.3 is 9.47 Å². The second kappa shape index (κ2) is 6.77. The van der Waals surface area contributed by atoms with Crippen molar-refractivity contribution in [3.05, 3.63) is 35.4 Å². The molecule has 0 unspecified atom stereocenters. The molecule has 0 radical (unpaired) electrons. The zero-order chi connectivity index (χ0) is 12.7. The summed E-state index contributed by atoms with van der Waals surface area (Å²) in [6, 6.07) is 8.31. The van der Waals surface area contributed by atoms with Crippen LogP contribution in [0.4, 0.5) is 0 Å². The SMILES string of the molecule is CCCC(OCC)(OCC)c1ccccc1C. The molecule has 2 nitrogen and oxygen atoms in total. The summed E-state index contributed by atoms with van der Waals surface area (Å²) < 4.78 is 11.9. The summed E-state index contributed by atoms with van der Waals surface area (Å²) in [7, 11) is 0. The summed E-state index contributed by atoms with van der Waals surface area (Å²) >= 11 is 0. The number of rotatable bonds is 7. The van der Waals surface area contributed by atoms with Crippen molar-refractivity contribution in [1.29, 1.82) is 0 Å². The average molecular weight is 236 g/mol. The van der Waals surface area contributed by atoms with Crippen LogP contribution in [0.25, 0.3) is 0 Å². The van der Waals surface area contributed by atoms with Crippen molar-refractivity contribution >= 4 is 0 Å². The van der Waals surface area contributed by atoms with Crippen LogP contribution in [0.1, 0.15) is 44.7 Å². The molecule has 1 aromatic carbocycles.